The number of nitrogens with zero attached hydrogens (tertiary/aromatic N) is 1. The molecule has 0 aromatic rings. The van der Waals surface area contributed by atoms with Gasteiger partial charge in [-0.2, -0.15) is 0 Å². The van der Waals surface area contributed by atoms with E-state index in [1.165, 1.54) is 13.8 Å². The highest BCUT2D eigenvalue weighted by Crippen LogP contribution is 2.21. The fraction of sp³-hybridized carbons (Fsp3) is 1.00. The van der Waals surface area contributed by atoms with Gasteiger partial charge in [0.1, 0.15) is 0 Å². The largest absolute Gasteiger partial charge is 0.395 e. The van der Waals surface area contributed by atoms with E-state index in [9.17, 15) is 10.1 Å². The van der Waals surface area contributed by atoms with Gasteiger partial charge in [0.05, 0.1) is 18.6 Å². The second-order valence-corrected chi connectivity index (χ2v) is 2.93. The first-order valence-electron chi connectivity index (χ1n) is 3.33. The molecular formula is C6H13NO4. The lowest BCUT2D eigenvalue weighted by Gasteiger charge is -2.24. The van der Waals surface area contributed by atoms with Gasteiger partial charge >= 0.3 is 0 Å². The molecule has 1 unspecified atom stereocenters. The normalized spacial score (nSPS) is 14.5. The predicted molar refractivity (Wildman–Crippen MR) is 38.7 cm³/mol. The molecule has 11 heavy (non-hydrogen) atoms. The maximum Gasteiger partial charge on any atom is 0.220 e. The Kier molecular flexibility index (Phi) is 3.41. The van der Waals surface area contributed by atoms with Gasteiger partial charge in [-0.25, -0.2) is 0 Å². The van der Waals surface area contributed by atoms with E-state index < -0.39 is 16.4 Å². The number of hydrogen-bond acceptors (Lipinski definition) is 4. The molecule has 5 heteroatoms. The van der Waals surface area contributed by atoms with E-state index in [2.05, 4.69) is 0 Å². The van der Waals surface area contributed by atoms with Crippen molar-refractivity contribution in [2.45, 2.75) is 19.9 Å². The van der Waals surface area contributed by atoms with Crippen molar-refractivity contribution in [2.75, 3.05) is 13.2 Å². The van der Waals surface area contributed by atoms with Crippen LogP contribution in [0.2, 0.25) is 0 Å². The number of nitro groups is 1. The minimum atomic E-state index is -1.02. The van der Waals surface area contributed by atoms with Crippen molar-refractivity contribution in [1.29, 1.82) is 0 Å². The van der Waals surface area contributed by atoms with E-state index in [0.29, 0.717) is 0 Å². The summed E-state index contributed by atoms with van der Waals surface area (Å²) in [7, 11) is 0. The SMILES string of the molecule is CC([N+](=O)[O-])C(C)(CO)CO. The van der Waals surface area contributed by atoms with Crippen LogP contribution in [0, 0.1) is 15.5 Å². The molecule has 0 radical (unpaired) electrons. The zero-order valence-corrected chi connectivity index (χ0v) is 6.65. The van der Waals surface area contributed by atoms with Crippen LogP contribution in [0.5, 0.6) is 0 Å². The van der Waals surface area contributed by atoms with Crippen molar-refractivity contribution in [3.05, 3.63) is 10.1 Å². The minimum absolute atomic E-state index is 0.383. The van der Waals surface area contributed by atoms with Crippen molar-refractivity contribution in [1.82, 2.24) is 0 Å². The van der Waals surface area contributed by atoms with Gasteiger partial charge in [-0.15, -0.1) is 0 Å². The van der Waals surface area contributed by atoms with Crippen LogP contribution in [0.1, 0.15) is 13.8 Å². The van der Waals surface area contributed by atoms with E-state index in [0.717, 1.165) is 0 Å². The molecule has 1 atom stereocenters. The first-order valence-corrected chi connectivity index (χ1v) is 3.33. The smallest absolute Gasteiger partial charge is 0.220 e. The lowest BCUT2D eigenvalue weighted by molar-refractivity contribution is -0.539. The average molecular weight is 163 g/mol. The molecule has 66 valence electrons. The van der Waals surface area contributed by atoms with Crippen molar-refractivity contribution < 1.29 is 15.1 Å². The molecule has 0 rings (SSSR count). The molecular weight excluding hydrogens is 150 g/mol. The van der Waals surface area contributed by atoms with Gasteiger partial charge in [0.2, 0.25) is 6.04 Å². The molecule has 0 aliphatic rings. The lowest BCUT2D eigenvalue weighted by Crippen LogP contribution is -2.42. The molecule has 0 saturated heterocycles. The summed E-state index contributed by atoms with van der Waals surface area (Å²) in [5.41, 5.74) is -1.02. The average Bonchev–Trinajstić information content (AvgIpc) is 2.01. The van der Waals surface area contributed by atoms with Crippen LogP contribution in [-0.4, -0.2) is 34.4 Å². The summed E-state index contributed by atoms with van der Waals surface area (Å²) in [5, 5.41) is 27.7. The van der Waals surface area contributed by atoms with Gasteiger partial charge in [-0.05, 0) is 6.92 Å². The molecule has 0 saturated carbocycles. The van der Waals surface area contributed by atoms with E-state index in [-0.39, 0.29) is 13.2 Å². The minimum Gasteiger partial charge on any atom is -0.395 e. The summed E-state index contributed by atoms with van der Waals surface area (Å²) in [6.45, 7) is 2.07. The zero-order chi connectivity index (χ0) is 9.07. The van der Waals surface area contributed by atoms with Crippen molar-refractivity contribution in [2.24, 2.45) is 5.41 Å². The summed E-state index contributed by atoms with van der Waals surface area (Å²) < 4.78 is 0. The van der Waals surface area contributed by atoms with Crippen LogP contribution >= 0.6 is 0 Å². The summed E-state index contributed by atoms with van der Waals surface area (Å²) >= 11 is 0. The van der Waals surface area contributed by atoms with Crippen LogP contribution in [-0.2, 0) is 0 Å². The third-order valence-corrected chi connectivity index (χ3v) is 2.05. The molecule has 0 aromatic heterocycles. The molecule has 0 heterocycles. The second kappa shape index (κ2) is 3.64. The molecule has 0 bridgehead atoms. The Balaban J connectivity index is 4.36. The molecule has 0 amide bonds. The highest BCUT2D eigenvalue weighted by molar-refractivity contribution is 4.78. The summed E-state index contributed by atoms with van der Waals surface area (Å²) in [6, 6.07) is -0.933. The van der Waals surface area contributed by atoms with Crippen LogP contribution < -0.4 is 0 Å². The standard InChI is InChI=1S/C6H13NO4/c1-5(7(10)11)6(2,3-8)4-9/h5,8-9H,3-4H2,1-2H3. The van der Waals surface area contributed by atoms with Crippen LogP contribution in [0.4, 0.5) is 0 Å². The molecule has 0 aliphatic carbocycles. The number of aliphatic hydroxyl groups is 2. The Morgan fingerprint density at radius 1 is 1.55 bits per heavy atom. The predicted octanol–water partition coefficient (Wildman–Crippen LogP) is -0.358. The van der Waals surface area contributed by atoms with Gasteiger partial charge in [0, 0.05) is 11.8 Å². The Bertz CT molecular complexity index is 144. The lowest BCUT2D eigenvalue weighted by atomic mass is 9.85. The number of rotatable bonds is 4. The van der Waals surface area contributed by atoms with E-state index in [1.54, 1.807) is 0 Å². The van der Waals surface area contributed by atoms with Gasteiger partial charge in [-0.1, -0.05) is 0 Å². The molecule has 0 spiro atoms. The first kappa shape index (κ1) is 10.3. The fourth-order valence-electron chi connectivity index (χ4n) is 0.569. The Morgan fingerprint density at radius 2 is 1.91 bits per heavy atom. The monoisotopic (exact) mass is 163 g/mol. The zero-order valence-electron chi connectivity index (χ0n) is 6.65. The van der Waals surface area contributed by atoms with Gasteiger partial charge in [0.15, 0.2) is 0 Å². The van der Waals surface area contributed by atoms with Crippen LogP contribution in [0.3, 0.4) is 0 Å². The van der Waals surface area contributed by atoms with Crippen molar-refractivity contribution in [3.8, 4) is 0 Å². The third-order valence-electron chi connectivity index (χ3n) is 2.05. The van der Waals surface area contributed by atoms with E-state index in [1.807, 2.05) is 0 Å². The van der Waals surface area contributed by atoms with Gasteiger partial charge < -0.3 is 10.2 Å². The molecule has 0 fully saturated rings. The fourth-order valence-corrected chi connectivity index (χ4v) is 0.569. The second-order valence-electron chi connectivity index (χ2n) is 2.93. The van der Waals surface area contributed by atoms with Crippen molar-refractivity contribution >= 4 is 0 Å². The Hall–Kier alpha value is -0.680. The molecule has 2 N–H and O–H groups in total. The number of aliphatic hydroxyl groups excluding tert-OH is 2. The molecule has 5 nitrogen and oxygen atoms in total. The van der Waals surface area contributed by atoms with Gasteiger partial charge in [-0.3, -0.25) is 10.1 Å². The summed E-state index contributed by atoms with van der Waals surface area (Å²) in [6.07, 6.45) is 0. The topological polar surface area (TPSA) is 83.6 Å². The Labute approximate surface area is 64.8 Å². The van der Waals surface area contributed by atoms with Crippen LogP contribution in [0.25, 0.3) is 0 Å². The molecule has 0 aliphatic heterocycles. The first-order chi connectivity index (χ1) is 4.98. The van der Waals surface area contributed by atoms with Crippen molar-refractivity contribution in [3.63, 3.8) is 0 Å². The maximum atomic E-state index is 10.2. The Morgan fingerprint density at radius 3 is 2.00 bits per heavy atom. The van der Waals surface area contributed by atoms with Gasteiger partial charge in [0.25, 0.3) is 0 Å². The van der Waals surface area contributed by atoms with E-state index in [4.69, 9.17) is 10.2 Å². The quantitative estimate of drug-likeness (QED) is 0.438. The third kappa shape index (κ3) is 2.13. The maximum absolute atomic E-state index is 10.2. The van der Waals surface area contributed by atoms with E-state index >= 15 is 0 Å². The van der Waals surface area contributed by atoms with Crippen LogP contribution in [0.15, 0.2) is 0 Å². The summed E-state index contributed by atoms with van der Waals surface area (Å²) in [5.74, 6) is 0. The highest BCUT2D eigenvalue weighted by Gasteiger charge is 2.38. The summed E-state index contributed by atoms with van der Waals surface area (Å²) in [4.78, 5) is 9.74. The molecule has 0 aromatic carbocycles. The highest BCUT2D eigenvalue weighted by atomic mass is 16.6. The number of hydrogen-bond donors (Lipinski definition) is 2.